The Labute approximate surface area is 50.2 Å². The maximum absolute atomic E-state index is 5.12. The van der Waals surface area contributed by atoms with Gasteiger partial charge in [-0.1, -0.05) is 0 Å². The zero-order valence-electron chi connectivity index (χ0n) is 5.48. The van der Waals surface area contributed by atoms with E-state index in [-0.39, 0.29) is 0 Å². The lowest BCUT2D eigenvalue weighted by atomic mass is 10.2. The van der Waals surface area contributed by atoms with E-state index in [0.717, 1.165) is 13.0 Å². The summed E-state index contributed by atoms with van der Waals surface area (Å²) in [4.78, 5) is 0. The highest BCUT2D eigenvalue weighted by Crippen LogP contribution is 2.07. The highest BCUT2D eigenvalue weighted by Gasteiger charge is 2.18. The molecular formula is C6H13NO. The Hall–Kier alpha value is -0.0800. The fourth-order valence-corrected chi connectivity index (χ4v) is 1.07. The summed E-state index contributed by atoms with van der Waals surface area (Å²) in [5.74, 6) is 0. The summed E-state index contributed by atoms with van der Waals surface area (Å²) in [7, 11) is 1.77. The van der Waals surface area contributed by atoms with Crippen LogP contribution in [-0.4, -0.2) is 25.8 Å². The van der Waals surface area contributed by atoms with Gasteiger partial charge in [-0.15, -0.1) is 0 Å². The molecule has 0 saturated carbocycles. The van der Waals surface area contributed by atoms with E-state index in [9.17, 15) is 0 Å². The van der Waals surface area contributed by atoms with Crippen LogP contribution in [0.1, 0.15) is 13.3 Å². The number of methoxy groups -OCH3 is 1. The molecule has 2 atom stereocenters. The summed E-state index contributed by atoms with van der Waals surface area (Å²) >= 11 is 0. The van der Waals surface area contributed by atoms with Gasteiger partial charge in [-0.2, -0.15) is 0 Å². The first-order chi connectivity index (χ1) is 3.83. The van der Waals surface area contributed by atoms with Crippen LogP contribution in [0.2, 0.25) is 0 Å². The van der Waals surface area contributed by atoms with E-state index in [2.05, 4.69) is 12.2 Å². The topological polar surface area (TPSA) is 21.3 Å². The number of nitrogens with one attached hydrogen (secondary N) is 1. The van der Waals surface area contributed by atoms with Gasteiger partial charge in [0.2, 0.25) is 0 Å². The van der Waals surface area contributed by atoms with Crippen LogP contribution in [0.4, 0.5) is 0 Å². The molecule has 2 heteroatoms. The van der Waals surface area contributed by atoms with Crippen LogP contribution in [-0.2, 0) is 4.74 Å². The average molecular weight is 115 g/mol. The van der Waals surface area contributed by atoms with Gasteiger partial charge in [0.15, 0.2) is 0 Å². The minimum atomic E-state index is 0.463. The molecule has 1 saturated heterocycles. The van der Waals surface area contributed by atoms with Crippen molar-refractivity contribution in [3.05, 3.63) is 0 Å². The Balaban J connectivity index is 2.22. The van der Waals surface area contributed by atoms with Crippen molar-refractivity contribution in [1.82, 2.24) is 5.32 Å². The highest BCUT2D eigenvalue weighted by molar-refractivity contribution is 4.77. The van der Waals surface area contributed by atoms with Crippen molar-refractivity contribution < 1.29 is 4.74 Å². The van der Waals surface area contributed by atoms with E-state index in [1.807, 2.05) is 0 Å². The molecule has 1 aliphatic heterocycles. The lowest BCUT2D eigenvalue weighted by Gasteiger charge is -2.02. The first-order valence-corrected chi connectivity index (χ1v) is 3.09. The summed E-state index contributed by atoms with van der Waals surface area (Å²) in [6.45, 7) is 3.21. The summed E-state index contributed by atoms with van der Waals surface area (Å²) in [5, 5.41) is 3.30. The van der Waals surface area contributed by atoms with E-state index >= 15 is 0 Å². The van der Waals surface area contributed by atoms with Gasteiger partial charge in [0.1, 0.15) is 0 Å². The van der Waals surface area contributed by atoms with Crippen LogP contribution >= 0.6 is 0 Å². The molecule has 0 radical (unpaired) electrons. The molecule has 1 fully saturated rings. The van der Waals surface area contributed by atoms with Crippen molar-refractivity contribution >= 4 is 0 Å². The maximum atomic E-state index is 5.12. The summed E-state index contributed by atoms with van der Waals surface area (Å²) in [5.41, 5.74) is 0. The van der Waals surface area contributed by atoms with Gasteiger partial charge < -0.3 is 10.1 Å². The summed E-state index contributed by atoms with van der Waals surface area (Å²) in [6, 6.07) is 0.653. The molecule has 0 aromatic carbocycles. The van der Waals surface area contributed by atoms with Crippen molar-refractivity contribution in [2.24, 2.45) is 0 Å². The van der Waals surface area contributed by atoms with Gasteiger partial charge in [0.25, 0.3) is 0 Å². The van der Waals surface area contributed by atoms with Crippen molar-refractivity contribution in [3.8, 4) is 0 Å². The first-order valence-electron chi connectivity index (χ1n) is 3.09. The van der Waals surface area contributed by atoms with E-state index in [0.29, 0.717) is 12.1 Å². The Bertz CT molecular complexity index is 74.9. The number of rotatable bonds is 1. The second-order valence-corrected chi connectivity index (χ2v) is 2.40. The van der Waals surface area contributed by atoms with Crippen LogP contribution in [0.3, 0.4) is 0 Å². The second-order valence-electron chi connectivity index (χ2n) is 2.40. The molecular weight excluding hydrogens is 102 g/mol. The predicted molar refractivity (Wildman–Crippen MR) is 32.9 cm³/mol. The first kappa shape index (κ1) is 6.05. The van der Waals surface area contributed by atoms with Crippen LogP contribution < -0.4 is 5.32 Å². The van der Waals surface area contributed by atoms with Gasteiger partial charge >= 0.3 is 0 Å². The molecule has 48 valence electrons. The molecule has 0 unspecified atom stereocenters. The minimum absolute atomic E-state index is 0.463. The van der Waals surface area contributed by atoms with Crippen molar-refractivity contribution in [2.45, 2.75) is 25.5 Å². The zero-order valence-corrected chi connectivity index (χ0v) is 5.48. The Morgan fingerprint density at radius 3 is 2.62 bits per heavy atom. The Morgan fingerprint density at radius 1 is 1.62 bits per heavy atom. The normalized spacial score (nSPS) is 38.2. The van der Waals surface area contributed by atoms with E-state index in [1.165, 1.54) is 0 Å². The third-order valence-corrected chi connectivity index (χ3v) is 1.64. The summed E-state index contributed by atoms with van der Waals surface area (Å²) in [6.07, 6.45) is 1.63. The van der Waals surface area contributed by atoms with Gasteiger partial charge in [-0.05, 0) is 13.3 Å². The molecule has 0 aromatic heterocycles. The zero-order chi connectivity index (χ0) is 5.98. The van der Waals surface area contributed by atoms with E-state index < -0.39 is 0 Å². The third-order valence-electron chi connectivity index (χ3n) is 1.64. The molecule has 0 aliphatic carbocycles. The monoisotopic (exact) mass is 115 g/mol. The van der Waals surface area contributed by atoms with Crippen LogP contribution in [0.5, 0.6) is 0 Å². The molecule has 1 aliphatic rings. The molecule has 1 rings (SSSR count). The lowest BCUT2D eigenvalue weighted by Crippen LogP contribution is -2.18. The van der Waals surface area contributed by atoms with Gasteiger partial charge in [0.05, 0.1) is 6.10 Å². The van der Waals surface area contributed by atoms with Crippen molar-refractivity contribution in [2.75, 3.05) is 13.7 Å². The SMILES string of the molecule is CO[C@H]1CN[C@H](C)C1. The van der Waals surface area contributed by atoms with Crippen molar-refractivity contribution in [3.63, 3.8) is 0 Å². The fraction of sp³-hybridized carbons (Fsp3) is 1.00. The van der Waals surface area contributed by atoms with Crippen LogP contribution in [0.15, 0.2) is 0 Å². The van der Waals surface area contributed by atoms with Crippen LogP contribution in [0, 0.1) is 0 Å². The lowest BCUT2D eigenvalue weighted by molar-refractivity contribution is 0.118. The minimum Gasteiger partial charge on any atom is -0.380 e. The van der Waals surface area contributed by atoms with Gasteiger partial charge in [0, 0.05) is 19.7 Å². The van der Waals surface area contributed by atoms with Crippen LogP contribution in [0.25, 0.3) is 0 Å². The quantitative estimate of drug-likeness (QED) is 0.533. The standard InChI is InChI=1S/C6H13NO/c1-5-3-6(8-2)4-7-5/h5-7H,3-4H2,1-2H3/t5-,6-/m1/s1. The molecule has 0 aromatic rings. The molecule has 1 N–H and O–H groups in total. The molecule has 0 amide bonds. The number of hydrogen-bond donors (Lipinski definition) is 1. The summed E-state index contributed by atoms with van der Waals surface area (Å²) < 4.78 is 5.12. The van der Waals surface area contributed by atoms with E-state index in [4.69, 9.17) is 4.74 Å². The van der Waals surface area contributed by atoms with Crippen molar-refractivity contribution in [1.29, 1.82) is 0 Å². The molecule has 0 spiro atoms. The maximum Gasteiger partial charge on any atom is 0.0710 e. The number of ether oxygens (including phenoxy) is 1. The second kappa shape index (κ2) is 2.46. The fourth-order valence-electron chi connectivity index (χ4n) is 1.07. The Morgan fingerprint density at radius 2 is 2.38 bits per heavy atom. The third kappa shape index (κ3) is 1.20. The highest BCUT2D eigenvalue weighted by atomic mass is 16.5. The molecule has 8 heavy (non-hydrogen) atoms. The smallest absolute Gasteiger partial charge is 0.0710 e. The van der Waals surface area contributed by atoms with E-state index in [1.54, 1.807) is 7.11 Å². The molecule has 1 heterocycles. The number of hydrogen-bond acceptors (Lipinski definition) is 2. The predicted octanol–water partition coefficient (Wildman–Crippen LogP) is 0.383. The molecule has 0 bridgehead atoms. The average Bonchev–Trinajstić information content (AvgIpc) is 2.14. The van der Waals surface area contributed by atoms with Gasteiger partial charge in [-0.25, -0.2) is 0 Å². The van der Waals surface area contributed by atoms with Gasteiger partial charge in [-0.3, -0.25) is 0 Å². The largest absolute Gasteiger partial charge is 0.380 e. The Kier molecular flexibility index (Phi) is 1.86. The molecule has 2 nitrogen and oxygen atoms in total.